The summed E-state index contributed by atoms with van der Waals surface area (Å²) in [6.07, 6.45) is 5.73. The fraction of sp³-hybridized carbons (Fsp3) is 0.362. The summed E-state index contributed by atoms with van der Waals surface area (Å²) in [6.45, 7) is 7.30. The van der Waals surface area contributed by atoms with Crippen molar-refractivity contribution >= 4 is 59.1 Å². The lowest BCUT2D eigenvalue weighted by molar-refractivity contribution is 0.0612. The number of anilines is 2. The molecule has 0 saturated heterocycles. The van der Waals surface area contributed by atoms with E-state index in [2.05, 4.69) is 58.5 Å². The van der Waals surface area contributed by atoms with Crippen LogP contribution in [0.1, 0.15) is 88.9 Å². The standard InChI is InChI=1S/C47H59B2N5O6/c1-5-6-26-51-44-25-23-41-45-39(44)15-11-16-40(45)46(55)54(47(41)56)28-27-50-30-37-29-34(20-24-43(37)49(59)60)13-8-7-12-33(2)53(31-35-18-21-38(22-19-35)52(3)4)32-36-14-9-10-17-42(36)48(57)58/h9-11,14-25,29,33,50-51,57-60H,5-8,12-13,26-28,30-32H2,1-4H3. The Morgan fingerprint density at radius 1 is 0.717 bits per heavy atom. The summed E-state index contributed by atoms with van der Waals surface area (Å²) in [7, 11) is 0.868. The van der Waals surface area contributed by atoms with Crippen LogP contribution in [-0.4, -0.2) is 95.7 Å². The molecule has 60 heavy (non-hydrogen) atoms. The van der Waals surface area contributed by atoms with Crippen molar-refractivity contribution in [1.82, 2.24) is 15.1 Å². The summed E-state index contributed by atoms with van der Waals surface area (Å²) in [4.78, 5) is 33.0. The summed E-state index contributed by atoms with van der Waals surface area (Å²) >= 11 is 0. The summed E-state index contributed by atoms with van der Waals surface area (Å²) in [5.74, 6) is -0.632. The number of hydrogen-bond acceptors (Lipinski definition) is 10. The van der Waals surface area contributed by atoms with Crippen molar-refractivity contribution in [2.75, 3.05) is 43.9 Å². The van der Waals surface area contributed by atoms with E-state index in [0.717, 1.165) is 78.5 Å². The van der Waals surface area contributed by atoms with Crippen molar-refractivity contribution in [2.24, 2.45) is 0 Å². The van der Waals surface area contributed by atoms with E-state index in [-0.39, 0.29) is 24.4 Å². The van der Waals surface area contributed by atoms with Gasteiger partial charge in [-0.1, -0.05) is 86.5 Å². The first-order valence-corrected chi connectivity index (χ1v) is 21.2. The third kappa shape index (κ3) is 10.8. The van der Waals surface area contributed by atoms with Crippen molar-refractivity contribution in [3.05, 3.63) is 130 Å². The number of hydrogen-bond donors (Lipinski definition) is 6. The number of amides is 2. The third-order valence-electron chi connectivity index (χ3n) is 11.7. The molecule has 0 bridgehead atoms. The average Bonchev–Trinajstić information content (AvgIpc) is 3.24. The SMILES string of the molecule is CCCCNc1ccc2c3c(cccc13)C(=O)N(CCNCc1cc(CCCCC(C)N(Cc3ccc(N(C)C)cc3)Cc3ccccc3B(O)O)ccc1B(O)O)C2=O. The van der Waals surface area contributed by atoms with Gasteiger partial charge in [-0.05, 0) is 96.1 Å². The molecular weight excluding hydrogens is 752 g/mol. The molecule has 0 saturated carbocycles. The van der Waals surface area contributed by atoms with Gasteiger partial charge in [-0.25, -0.2) is 0 Å². The minimum absolute atomic E-state index is 0.170. The zero-order valence-electron chi connectivity index (χ0n) is 35.4. The van der Waals surface area contributed by atoms with Crippen molar-refractivity contribution in [3.8, 4) is 0 Å². The van der Waals surface area contributed by atoms with Gasteiger partial charge in [0.05, 0.1) is 0 Å². The van der Waals surface area contributed by atoms with Gasteiger partial charge < -0.3 is 35.6 Å². The Kier molecular flexibility index (Phi) is 15.6. The molecular formula is C47H59B2N5O6. The van der Waals surface area contributed by atoms with Crippen LogP contribution in [0.15, 0.2) is 97.1 Å². The molecule has 6 N–H and O–H groups in total. The number of unbranched alkanes of at least 4 members (excludes halogenated alkanes) is 2. The summed E-state index contributed by atoms with van der Waals surface area (Å²) in [5, 5.41) is 48.9. The van der Waals surface area contributed by atoms with Crippen molar-refractivity contribution in [1.29, 1.82) is 0 Å². The lowest BCUT2D eigenvalue weighted by atomic mass is 9.76. The summed E-state index contributed by atoms with van der Waals surface area (Å²) < 4.78 is 0. The minimum atomic E-state index is -1.64. The van der Waals surface area contributed by atoms with Gasteiger partial charge in [-0.15, -0.1) is 0 Å². The fourth-order valence-corrected chi connectivity index (χ4v) is 8.14. The highest BCUT2D eigenvalue weighted by molar-refractivity contribution is 6.59. The van der Waals surface area contributed by atoms with E-state index in [1.54, 1.807) is 18.2 Å². The molecule has 0 radical (unpaired) electrons. The summed E-state index contributed by atoms with van der Waals surface area (Å²) in [6, 6.07) is 31.2. The molecule has 5 aromatic carbocycles. The number of carbonyl (C=O) groups is 2. The molecule has 13 heteroatoms. The molecule has 0 fully saturated rings. The largest absolute Gasteiger partial charge is 0.488 e. The maximum Gasteiger partial charge on any atom is 0.488 e. The van der Waals surface area contributed by atoms with Crippen molar-refractivity contribution in [3.63, 3.8) is 0 Å². The third-order valence-corrected chi connectivity index (χ3v) is 11.7. The maximum absolute atomic E-state index is 13.6. The van der Waals surface area contributed by atoms with Gasteiger partial charge in [-0.2, -0.15) is 0 Å². The number of benzene rings is 5. The maximum atomic E-state index is 13.6. The molecule has 1 aliphatic heterocycles. The van der Waals surface area contributed by atoms with Crippen LogP contribution in [-0.2, 0) is 26.1 Å². The number of rotatable bonds is 22. The molecule has 314 valence electrons. The van der Waals surface area contributed by atoms with E-state index in [4.69, 9.17) is 0 Å². The van der Waals surface area contributed by atoms with E-state index < -0.39 is 14.2 Å². The molecule has 5 aromatic rings. The van der Waals surface area contributed by atoms with Crippen LogP contribution in [0.25, 0.3) is 10.8 Å². The Morgan fingerprint density at radius 2 is 1.42 bits per heavy atom. The van der Waals surface area contributed by atoms with Crippen LogP contribution < -0.4 is 26.5 Å². The molecule has 0 aliphatic carbocycles. The fourth-order valence-electron chi connectivity index (χ4n) is 8.14. The van der Waals surface area contributed by atoms with E-state index >= 15 is 0 Å². The van der Waals surface area contributed by atoms with E-state index in [0.29, 0.717) is 53.6 Å². The Morgan fingerprint density at radius 3 is 2.13 bits per heavy atom. The highest BCUT2D eigenvalue weighted by Gasteiger charge is 2.33. The van der Waals surface area contributed by atoms with Gasteiger partial charge in [0, 0.05) is 92.7 Å². The lowest BCUT2D eigenvalue weighted by Crippen LogP contribution is -2.44. The Balaban J connectivity index is 1.05. The van der Waals surface area contributed by atoms with Gasteiger partial charge in [0.1, 0.15) is 0 Å². The van der Waals surface area contributed by atoms with Gasteiger partial charge in [0.15, 0.2) is 0 Å². The van der Waals surface area contributed by atoms with E-state index in [1.807, 2.05) is 68.7 Å². The molecule has 0 spiro atoms. The van der Waals surface area contributed by atoms with Crippen LogP contribution in [0.2, 0.25) is 0 Å². The lowest BCUT2D eigenvalue weighted by Gasteiger charge is -2.30. The van der Waals surface area contributed by atoms with Gasteiger partial charge in [0.2, 0.25) is 0 Å². The molecule has 1 atom stereocenters. The molecule has 1 unspecified atom stereocenters. The summed E-state index contributed by atoms with van der Waals surface area (Å²) in [5.41, 5.74) is 7.92. The second kappa shape index (κ2) is 21.0. The Labute approximate surface area is 355 Å². The molecule has 1 heterocycles. The van der Waals surface area contributed by atoms with Crippen molar-refractivity contribution < 1.29 is 29.7 Å². The van der Waals surface area contributed by atoms with E-state index in [9.17, 15) is 29.7 Å². The first kappa shape index (κ1) is 44.5. The van der Waals surface area contributed by atoms with Crippen LogP contribution in [0.3, 0.4) is 0 Å². The van der Waals surface area contributed by atoms with Crippen LogP contribution in [0, 0.1) is 0 Å². The quantitative estimate of drug-likeness (QED) is 0.0331. The monoisotopic (exact) mass is 811 g/mol. The highest BCUT2D eigenvalue weighted by Crippen LogP contribution is 2.34. The molecule has 2 amide bonds. The topological polar surface area (TPSA) is 149 Å². The van der Waals surface area contributed by atoms with Crippen LogP contribution in [0.5, 0.6) is 0 Å². The molecule has 0 aromatic heterocycles. The number of nitrogens with zero attached hydrogens (tertiary/aromatic N) is 3. The van der Waals surface area contributed by atoms with Gasteiger partial charge >= 0.3 is 14.2 Å². The normalized spacial score (nSPS) is 13.0. The molecule has 6 rings (SSSR count). The zero-order chi connectivity index (χ0) is 42.8. The predicted octanol–water partition coefficient (Wildman–Crippen LogP) is 4.67. The van der Waals surface area contributed by atoms with Gasteiger partial charge in [0.25, 0.3) is 11.8 Å². The smallest absolute Gasteiger partial charge is 0.423 e. The van der Waals surface area contributed by atoms with Crippen LogP contribution >= 0.6 is 0 Å². The first-order valence-electron chi connectivity index (χ1n) is 21.2. The van der Waals surface area contributed by atoms with Crippen LogP contribution in [0.4, 0.5) is 11.4 Å². The Hall–Kier alpha value is -5.01. The number of aryl methyl sites for hydroxylation is 1. The van der Waals surface area contributed by atoms with E-state index in [1.165, 1.54) is 10.5 Å². The number of carbonyl (C=O) groups excluding carboxylic acids is 2. The average molecular weight is 812 g/mol. The molecule has 1 aliphatic rings. The second-order valence-electron chi connectivity index (χ2n) is 16.1. The number of imide groups is 1. The zero-order valence-corrected chi connectivity index (χ0v) is 35.4. The first-order chi connectivity index (χ1) is 29.0. The second-order valence-corrected chi connectivity index (χ2v) is 16.1. The van der Waals surface area contributed by atoms with Gasteiger partial charge in [-0.3, -0.25) is 19.4 Å². The molecule has 11 nitrogen and oxygen atoms in total. The predicted molar refractivity (Wildman–Crippen MR) is 244 cm³/mol. The minimum Gasteiger partial charge on any atom is -0.423 e. The number of nitrogens with one attached hydrogen (secondary N) is 2. The Bertz CT molecular complexity index is 2210. The highest BCUT2D eigenvalue weighted by atomic mass is 16.4. The van der Waals surface area contributed by atoms with Crippen molar-refractivity contribution in [2.45, 2.75) is 78.0 Å².